The van der Waals surface area contributed by atoms with Crippen LogP contribution in [0.3, 0.4) is 0 Å². The van der Waals surface area contributed by atoms with Crippen molar-refractivity contribution in [2.45, 2.75) is 13.0 Å². The first-order chi connectivity index (χ1) is 9.72. The van der Waals surface area contributed by atoms with E-state index in [4.69, 9.17) is 23.2 Å². The number of hydrogen-bond acceptors (Lipinski definition) is 3. The van der Waals surface area contributed by atoms with Crippen molar-refractivity contribution in [3.8, 4) is 0 Å². The molecule has 1 rings (SSSR count). The molecule has 0 aliphatic heterocycles. The van der Waals surface area contributed by atoms with Gasteiger partial charge in [-0.15, -0.1) is 0 Å². The molecule has 1 N–H and O–H groups in total. The average Bonchev–Trinajstić information content (AvgIpc) is 2.41. The van der Waals surface area contributed by atoms with Crippen molar-refractivity contribution in [1.29, 1.82) is 0 Å². The summed E-state index contributed by atoms with van der Waals surface area (Å²) >= 11 is 11.9. The van der Waals surface area contributed by atoms with E-state index >= 15 is 0 Å². The number of carbonyl (C=O) groups excluding carboxylic acids is 2. The number of rotatable bonds is 5. The lowest BCUT2D eigenvalue weighted by molar-refractivity contribution is -0.131. The van der Waals surface area contributed by atoms with Crippen molar-refractivity contribution in [3.05, 3.63) is 28.2 Å². The molecule has 0 saturated heterocycles. The van der Waals surface area contributed by atoms with Crippen LogP contribution in [0.5, 0.6) is 0 Å². The summed E-state index contributed by atoms with van der Waals surface area (Å²) in [5.41, 5.74) is 0.452. The second-order valence-corrected chi connectivity index (χ2v) is 5.84. The molecule has 5 nitrogen and oxygen atoms in total. The maximum atomic E-state index is 12.2. The number of carbonyl (C=O) groups is 2. The zero-order valence-corrected chi connectivity index (χ0v) is 14.0. The van der Waals surface area contributed by atoms with Crippen LogP contribution in [-0.2, 0) is 9.59 Å². The first-order valence-electron chi connectivity index (χ1n) is 6.38. The van der Waals surface area contributed by atoms with Gasteiger partial charge < -0.3 is 10.2 Å². The van der Waals surface area contributed by atoms with Crippen molar-refractivity contribution < 1.29 is 9.59 Å². The molecule has 7 heteroatoms. The Morgan fingerprint density at radius 1 is 1.24 bits per heavy atom. The van der Waals surface area contributed by atoms with E-state index in [9.17, 15) is 9.59 Å². The molecule has 0 aromatic heterocycles. The van der Waals surface area contributed by atoms with Crippen molar-refractivity contribution in [2.75, 3.05) is 33.0 Å². The van der Waals surface area contributed by atoms with Gasteiger partial charge in [-0.25, -0.2) is 0 Å². The van der Waals surface area contributed by atoms with Gasteiger partial charge in [0.05, 0.1) is 23.3 Å². The smallest absolute Gasteiger partial charge is 0.241 e. The molecule has 0 aliphatic rings. The molecule has 0 saturated carbocycles. The monoisotopic (exact) mass is 331 g/mol. The maximum absolute atomic E-state index is 12.2. The van der Waals surface area contributed by atoms with Gasteiger partial charge in [0, 0.05) is 19.1 Å². The van der Waals surface area contributed by atoms with E-state index < -0.39 is 6.04 Å². The zero-order valence-electron chi connectivity index (χ0n) is 12.5. The van der Waals surface area contributed by atoms with Crippen LogP contribution in [0, 0.1) is 0 Å². The van der Waals surface area contributed by atoms with Crippen molar-refractivity contribution in [1.82, 2.24) is 9.80 Å². The molecule has 0 radical (unpaired) electrons. The van der Waals surface area contributed by atoms with Gasteiger partial charge in [-0.05, 0) is 32.2 Å². The Bertz CT molecular complexity index is 535. The molecule has 0 bridgehead atoms. The fraction of sp³-hybridized carbons (Fsp3) is 0.429. The number of anilines is 1. The van der Waals surface area contributed by atoms with Gasteiger partial charge in [0.1, 0.15) is 0 Å². The number of halogens is 2. The number of nitrogens with zero attached hydrogens (tertiary/aromatic N) is 2. The molecule has 1 aromatic carbocycles. The molecule has 0 unspecified atom stereocenters. The van der Waals surface area contributed by atoms with E-state index in [0.717, 1.165) is 0 Å². The van der Waals surface area contributed by atoms with Crippen LogP contribution in [-0.4, -0.2) is 55.3 Å². The van der Waals surface area contributed by atoms with Crippen molar-refractivity contribution in [3.63, 3.8) is 0 Å². The molecular weight excluding hydrogens is 313 g/mol. The summed E-state index contributed by atoms with van der Waals surface area (Å²) in [5.74, 6) is -0.328. The molecule has 0 heterocycles. The number of benzene rings is 1. The van der Waals surface area contributed by atoms with Crippen LogP contribution in [0.1, 0.15) is 6.92 Å². The molecule has 1 aromatic rings. The van der Waals surface area contributed by atoms with Gasteiger partial charge in [0.2, 0.25) is 11.8 Å². The minimum absolute atomic E-state index is 0.0714. The Kier molecular flexibility index (Phi) is 6.45. The topological polar surface area (TPSA) is 52.7 Å². The van der Waals surface area contributed by atoms with Gasteiger partial charge in [0.15, 0.2) is 0 Å². The predicted molar refractivity (Wildman–Crippen MR) is 85.9 cm³/mol. The second-order valence-electron chi connectivity index (χ2n) is 4.99. The molecular formula is C14H19Cl2N3O2. The van der Waals surface area contributed by atoms with Crippen LogP contribution < -0.4 is 5.32 Å². The normalized spacial score (nSPS) is 12.1. The van der Waals surface area contributed by atoms with Gasteiger partial charge in [-0.2, -0.15) is 0 Å². The van der Waals surface area contributed by atoms with Crippen LogP contribution in [0.2, 0.25) is 10.0 Å². The van der Waals surface area contributed by atoms with E-state index in [1.165, 1.54) is 4.90 Å². The molecule has 0 aliphatic carbocycles. The minimum Gasteiger partial charge on any atom is -0.348 e. The molecule has 21 heavy (non-hydrogen) atoms. The predicted octanol–water partition coefficient (Wildman–Crippen LogP) is 2.34. The Balaban J connectivity index is 2.70. The molecule has 116 valence electrons. The second kappa shape index (κ2) is 7.64. The lowest BCUT2D eigenvalue weighted by atomic mass is 10.2. The summed E-state index contributed by atoms with van der Waals surface area (Å²) in [6, 6.07) is 4.36. The van der Waals surface area contributed by atoms with Gasteiger partial charge in [0.25, 0.3) is 0 Å². The average molecular weight is 332 g/mol. The van der Waals surface area contributed by atoms with E-state index in [1.807, 2.05) is 0 Å². The van der Waals surface area contributed by atoms with Crippen molar-refractivity contribution >= 4 is 40.7 Å². The van der Waals surface area contributed by atoms with Crippen LogP contribution in [0.4, 0.5) is 5.69 Å². The highest BCUT2D eigenvalue weighted by atomic mass is 35.5. The first kappa shape index (κ1) is 17.8. The largest absolute Gasteiger partial charge is 0.348 e. The van der Waals surface area contributed by atoms with Gasteiger partial charge in [-0.3, -0.25) is 14.5 Å². The standard InChI is InChI=1S/C14H19Cl2N3O2/c1-9(19(4)8-13(20)18(2)3)14(21)17-12-7-10(15)5-6-11(12)16/h5-7,9H,8H2,1-4H3,(H,17,21)/t9-/m0/s1. The highest BCUT2D eigenvalue weighted by molar-refractivity contribution is 6.35. The fourth-order valence-corrected chi connectivity index (χ4v) is 1.86. The molecule has 1 atom stereocenters. The lowest BCUT2D eigenvalue weighted by Gasteiger charge is -2.24. The minimum atomic E-state index is -0.482. The maximum Gasteiger partial charge on any atom is 0.241 e. The molecule has 2 amide bonds. The van der Waals surface area contributed by atoms with E-state index in [-0.39, 0.29) is 18.4 Å². The summed E-state index contributed by atoms with van der Waals surface area (Å²) < 4.78 is 0. The summed E-state index contributed by atoms with van der Waals surface area (Å²) in [7, 11) is 5.06. The van der Waals surface area contributed by atoms with Gasteiger partial charge in [-0.1, -0.05) is 23.2 Å². The molecule has 0 fully saturated rings. The number of nitrogens with one attached hydrogen (secondary N) is 1. The van der Waals surface area contributed by atoms with Crippen LogP contribution in [0.25, 0.3) is 0 Å². The zero-order chi connectivity index (χ0) is 16.2. The summed E-state index contributed by atoms with van der Waals surface area (Å²) in [6.07, 6.45) is 0. The highest BCUT2D eigenvalue weighted by Crippen LogP contribution is 2.25. The fourth-order valence-electron chi connectivity index (χ4n) is 1.52. The van der Waals surface area contributed by atoms with Crippen molar-refractivity contribution in [2.24, 2.45) is 0 Å². The number of hydrogen-bond donors (Lipinski definition) is 1. The van der Waals surface area contributed by atoms with E-state index in [2.05, 4.69) is 5.32 Å². The van der Waals surface area contributed by atoms with Gasteiger partial charge >= 0.3 is 0 Å². The van der Waals surface area contributed by atoms with Crippen LogP contribution in [0.15, 0.2) is 18.2 Å². The third-order valence-electron chi connectivity index (χ3n) is 3.11. The Labute approximate surface area is 134 Å². The molecule has 0 spiro atoms. The SMILES string of the molecule is C[C@@H](C(=O)Nc1cc(Cl)ccc1Cl)N(C)CC(=O)N(C)C. The lowest BCUT2D eigenvalue weighted by Crippen LogP contribution is -2.44. The third-order valence-corrected chi connectivity index (χ3v) is 3.68. The van der Waals surface area contributed by atoms with E-state index in [0.29, 0.717) is 15.7 Å². The highest BCUT2D eigenvalue weighted by Gasteiger charge is 2.21. The summed E-state index contributed by atoms with van der Waals surface area (Å²) in [5, 5.41) is 3.61. The third kappa shape index (κ3) is 5.19. The quantitative estimate of drug-likeness (QED) is 0.900. The number of likely N-dealkylation sites (N-methyl/N-ethyl adjacent to an activating group) is 2. The van der Waals surface area contributed by atoms with E-state index in [1.54, 1.807) is 51.2 Å². The Morgan fingerprint density at radius 2 is 1.86 bits per heavy atom. The van der Waals surface area contributed by atoms with Crippen LogP contribution >= 0.6 is 23.2 Å². The Hall–Kier alpha value is -1.30. The summed E-state index contributed by atoms with van der Waals surface area (Å²) in [4.78, 5) is 27.0. The Morgan fingerprint density at radius 3 is 2.43 bits per heavy atom. The summed E-state index contributed by atoms with van der Waals surface area (Å²) in [6.45, 7) is 1.88. The first-order valence-corrected chi connectivity index (χ1v) is 7.14. The number of amides is 2.